The molecular weight excluding hydrogens is 765 g/mol. The molecule has 0 unspecified atom stereocenters. The highest BCUT2D eigenvalue weighted by Crippen LogP contribution is 2.21. The molecule has 4 aromatic carbocycles. The Balaban J connectivity index is 1.20. The van der Waals surface area contributed by atoms with Crippen molar-refractivity contribution in [2.45, 2.75) is 50.3 Å². The SMILES string of the molecule is O=C(Nc1ccccc1C(=O)N[C@@H](Cc1ccccc1)[C@H](O)[C@H](O)[C@H](Cc1ccccc1)NC(=O)c1ccccc1NC(=O)OCc1ccccn1)OCc1ccccn1. The highest BCUT2D eigenvalue weighted by atomic mass is 16.6. The zero-order valence-electron chi connectivity index (χ0n) is 32.4. The van der Waals surface area contributed by atoms with Crippen LogP contribution in [-0.2, 0) is 35.5 Å². The summed E-state index contributed by atoms with van der Waals surface area (Å²) in [5.41, 5.74) is 3.01. The Kier molecular flexibility index (Phi) is 15.0. The van der Waals surface area contributed by atoms with Gasteiger partial charge in [-0.05, 0) is 72.5 Å². The number of amides is 4. The first-order valence-corrected chi connectivity index (χ1v) is 19.1. The van der Waals surface area contributed by atoms with E-state index in [4.69, 9.17) is 9.47 Å². The van der Waals surface area contributed by atoms with Crippen LogP contribution < -0.4 is 21.3 Å². The van der Waals surface area contributed by atoms with Crippen molar-refractivity contribution in [3.05, 3.63) is 192 Å². The van der Waals surface area contributed by atoms with E-state index in [0.717, 1.165) is 11.1 Å². The first-order valence-electron chi connectivity index (χ1n) is 19.1. The number of rotatable bonds is 17. The number of para-hydroxylation sites is 2. The maximum Gasteiger partial charge on any atom is 0.412 e. The van der Waals surface area contributed by atoms with Crippen molar-refractivity contribution in [3.8, 4) is 0 Å². The summed E-state index contributed by atoms with van der Waals surface area (Å²) in [7, 11) is 0. The lowest BCUT2D eigenvalue weighted by Gasteiger charge is -2.33. The number of aromatic nitrogens is 2. The molecule has 306 valence electrons. The third-order valence-corrected chi connectivity index (χ3v) is 9.38. The van der Waals surface area contributed by atoms with Gasteiger partial charge in [0.15, 0.2) is 0 Å². The molecule has 0 saturated carbocycles. The Labute approximate surface area is 346 Å². The fourth-order valence-electron chi connectivity index (χ4n) is 6.34. The molecule has 0 bridgehead atoms. The number of pyridine rings is 2. The lowest BCUT2D eigenvalue weighted by Crippen LogP contribution is -2.57. The van der Waals surface area contributed by atoms with Gasteiger partial charge in [-0.1, -0.05) is 97.1 Å². The first kappa shape index (κ1) is 42.2. The number of carbonyl (C=O) groups excluding carboxylic acids is 4. The number of benzene rings is 4. The molecule has 4 amide bonds. The second kappa shape index (κ2) is 21.4. The number of aliphatic hydroxyl groups is 2. The van der Waals surface area contributed by atoms with Crippen LogP contribution in [0.1, 0.15) is 43.2 Å². The molecule has 60 heavy (non-hydrogen) atoms. The van der Waals surface area contributed by atoms with Gasteiger partial charge in [0, 0.05) is 12.4 Å². The van der Waals surface area contributed by atoms with Crippen molar-refractivity contribution in [2.24, 2.45) is 0 Å². The number of carbonyl (C=O) groups is 4. The van der Waals surface area contributed by atoms with E-state index in [9.17, 15) is 29.4 Å². The quantitative estimate of drug-likeness (QED) is 0.0628. The van der Waals surface area contributed by atoms with Crippen LogP contribution >= 0.6 is 0 Å². The minimum absolute atomic E-state index is 0.0730. The van der Waals surface area contributed by atoms with Gasteiger partial charge >= 0.3 is 12.2 Å². The van der Waals surface area contributed by atoms with E-state index in [0.29, 0.717) is 11.4 Å². The predicted octanol–water partition coefficient (Wildman–Crippen LogP) is 6.08. The van der Waals surface area contributed by atoms with Crippen LogP contribution in [0.2, 0.25) is 0 Å². The lowest BCUT2D eigenvalue weighted by molar-refractivity contribution is -0.0219. The van der Waals surface area contributed by atoms with Gasteiger partial charge in [-0.2, -0.15) is 0 Å². The standard InChI is InChI=1S/C46H44N6O8/c53-41(39(27-31-15-3-1-4-16-31)49-43(55)35-21-7-9-23-37(35)51-45(57)59-29-33-19-11-13-25-47-33)42(54)40(28-32-17-5-2-6-18-32)50-44(56)36-22-8-10-24-38(36)52-46(58)60-30-34-20-12-14-26-48-34/h1-26,39-42,53-54H,27-30H2,(H,49,55)(H,50,56)(H,51,57)(H,52,58)/t39-,40-,41-,42+/m0/s1. The summed E-state index contributed by atoms with van der Waals surface area (Å²) >= 11 is 0. The van der Waals surface area contributed by atoms with Gasteiger partial charge < -0.3 is 30.3 Å². The summed E-state index contributed by atoms with van der Waals surface area (Å²) in [5.74, 6) is -1.30. The highest BCUT2D eigenvalue weighted by Gasteiger charge is 2.35. The molecule has 0 aliphatic rings. The molecule has 0 saturated heterocycles. The van der Waals surface area contributed by atoms with Crippen LogP contribution in [0.25, 0.3) is 0 Å². The van der Waals surface area contributed by atoms with Crippen LogP contribution in [0.4, 0.5) is 21.0 Å². The molecule has 2 aromatic heterocycles. The number of hydrogen-bond acceptors (Lipinski definition) is 10. The van der Waals surface area contributed by atoms with E-state index in [1.807, 2.05) is 60.7 Å². The molecule has 0 fully saturated rings. The smallest absolute Gasteiger partial charge is 0.412 e. The molecule has 2 heterocycles. The Hall–Kier alpha value is -7.42. The van der Waals surface area contributed by atoms with Gasteiger partial charge in [0.05, 0.1) is 46.0 Å². The summed E-state index contributed by atoms with van der Waals surface area (Å²) in [6, 6.07) is 39.0. The van der Waals surface area contributed by atoms with E-state index in [2.05, 4.69) is 31.2 Å². The molecule has 0 aliphatic heterocycles. The fraction of sp³-hybridized carbons (Fsp3) is 0.174. The Morgan fingerprint density at radius 1 is 0.483 bits per heavy atom. The van der Waals surface area contributed by atoms with Gasteiger partial charge in [0.25, 0.3) is 11.8 Å². The van der Waals surface area contributed by atoms with Crippen LogP contribution in [0.5, 0.6) is 0 Å². The Bertz CT molecular complexity index is 2160. The topological polar surface area (TPSA) is 201 Å². The molecule has 4 atom stereocenters. The first-order chi connectivity index (χ1) is 29.2. The second-order valence-electron chi connectivity index (χ2n) is 13.7. The van der Waals surface area contributed by atoms with Gasteiger partial charge in [-0.15, -0.1) is 0 Å². The zero-order valence-corrected chi connectivity index (χ0v) is 32.4. The summed E-state index contributed by atoms with van der Waals surface area (Å²) in [5, 5.41) is 34.9. The van der Waals surface area contributed by atoms with Crippen LogP contribution in [0.3, 0.4) is 0 Å². The molecule has 6 rings (SSSR count). The Morgan fingerprint density at radius 3 is 1.23 bits per heavy atom. The van der Waals surface area contributed by atoms with Crippen molar-refractivity contribution in [2.75, 3.05) is 10.6 Å². The molecule has 0 spiro atoms. The van der Waals surface area contributed by atoms with Crippen molar-refractivity contribution >= 4 is 35.4 Å². The van der Waals surface area contributed by atoms with E-state index in [1.54, 1.807) is 73.1 Å². The molecule has 6 N–H and O–H groups in total. The van der Waals surface area contributed by atoms with Crippen molar-refractivity contribution in [1.29, 1.82) is 0 Å². The van der Waals surface area contributed by atoms with Crippen molar-refractivity contribution in [1.82, 2.24) is 20.6 Å². The number of nitrogens with one attached hydrogen (secondary N) is 4. The minimum atomic E-state index is -1.64. The number of anilines is 2. The summed E-state index contributed by atoms with van der Waals surface area (Å²) < 4.78 is 10.6. The highest BCUT2D eigenvalue weighted by molar-refractivity contribution is 6.03. The third kappa shape index (κ3) is 12.3. The predicted molar refractivity (Wildman–Crippen MR) is 224 cm³/mol. The van der Waals surface area contributed by atoms with Gasteiger partial charge in [0.1, 0.15) is 25.4 Å². The van der Waals surface area contributed by atoms with E-state index < -0.39 is 48.3 Å². The second-order valence-corrected chi connectivity index (χ2v) is 13.7. The molecule has 0 aliphatic carbocycles. The molecule has 6 aromatic rings. The molecule has 0 radical (unpaired) electrons. The third-order valence-electron chi connectivity index (χ3n) is 9.38. The van der Waals surface area contributed by atoms with E-state index >= 15 is 0 Å². The van der Waals surface area contributed by atoms with Crippen LogP contribution in [0.15, 0.2) is 158 Å². The average molecular weight is 809 g/mol. The Morgan fingerprint density at radius 2 is 0.850 bits per heavy atom. The fourth-order valence-corrected chi connectivity index (χ4v) is 6.34. The zero-order chi connectivity index (χ0) is 42.1. The lowest BCUT2D eigenvalue weighted by atomic mass is 9.90. The molecule has 14 heteroatoms. The number of nitrogens with zero attached hydrogens (tertiary/aromatic N) is 2. The van der Waals surface area contributed by atoms with Gasteiger partial charge in [-0.25, -0.2) is 9.59 Å². The van der Waals surface area contributed by atoms with E-state index in [-0.39, 0.29) is 48.6 Å². The maximum atomic E-state index is 14.0. The number of ether oxygens (including phenoxy) is 2. The summed E-state index contributed by atoms with van der Waals surface area (Å²) in [6.45, 7) is -0.182. The average Bonchev–Trinajstić information content (AvgIpc) is 3.28. The summed E-state index contributed by atoms with van der Waals surface area (Å²) in [4.78, 5) is 61.8. The maximum absolute atomic E-state index is 14.0. The van der Waals surface area contributed by atoms with Crippen molar-refractivity contribution in [3.63, 3.8) is 0 Å². The van der Waals surface area contributed by atoms with E-state index in [1.165, 1.54) is 24.3 Å². The molecule has 14 nitrogen and oxygen atoms in total. The van der Waals surface area contributed by atoms with Crippen LogP contribution in [0, 0.1) is 0 Å². The van der Waals surface area contributed by atoms with Crippen LogP contribution in [-0.4, -0.2) is 68.5 Å². The number of hydrogen-bond donors (Lipinski definition) is 6. The monoisotopic (exact) mass is 808 g/mol. The molecular formula is C46H44N6O8. The largest absolute Gasteiger partial charge is 0.443 e. The number of aliphatic hydroxyl groups excluding tert-OH is 2. The van der Waals surface area contributed by atoms with Gasteiger partial charge in [0.2, 0.25) is 0 Å². The normalized spacial score (nSPS) is 12.8. The van der Waals surface area contributed by atoms with Crippen molar-refractivity contribution < 1.29 is 38.9 Å². The summed E-state index contributed by atoms with van der Waals surface area (Å²) in [6.07, 6.45) is -1.56. The van der Waals surface area contributed by atoms with Gasteiger partial charge in [-0.3, -0.25) is 30.2 Å². The minimum Gasteiger partial charge on any atom is -0.443 e.